The van der Waals surface area contributed by atoms with Crippen molar-refractivity contribution >= 4 is 28.3 Å². The van der Waals surface area contributed by atoms with E-state index in [0.717, 1.165) is 0 Å². The van der Waals surface area contributed by atoms with E-state index in [-0.39, 0.29) is 5.69 Å². The molecular formula is C9H13N3O3S. The summed E-state index contributed by atoms with van der Waals surface area (Å²) in [5, 5.41) is 12.0. The lowest BCUT2D eigenvalue weighted by atomic mass is 10.1. The number of carboxylic acid groups (broad SMARTS) is 1. The van der Waals surface area contributed by atoms with E-state index in [4.69, 9.17) is 10.8 Å². The Balaban J connectivity index is 2.96. The SMILES string of the molecule is Cc1sc(NC(C)(C)C(N)=O)nc1C(=O)O. The van der Waals surface area contributed by atoms with E-state index in [1.54, 1.807) is 20.8 Å². The van der Waals surface area contributed by atoms with E-state index in [9.17, 15) is 9.59 Å². The molecule has 0 aliphatic carbocycles. The highest BCUT2D eigenvalue weighted by Crippen LogP contribution is 2.24. The summed E-state index contributed by atoms with van der Waals surface area (Å²) in [4.78, 5) is 26.3. The third-order valence-electron chi connectivity index (χ3n) is 2.03. The zero-order chi connectivity index (χ0) is 12.5. The van der Waals surface area contributed by atoms with Gasteiger partial charge in [-0.1, -0.05) is 0 Å². The molecule has 0 aliphatic rings. The molecule has 6 nitrogen and oxygen atoms in total. The molecule has 7 heteroatoms. The van der Waals surface area contributed by atoms with Gasteiger partial charge in [-0.3, -0.25) is 4.79 Å². The smallest absolute Gasteiger partial charge is 0.355 e. The fourth-order valence-electron chi connectivity index (χ4n) is 0.977. The molecule has 1 aromatic rings. The van der Waals surface area contributed by atoms with Gasteiger partial charge in [0.25, 0.3) is 0 Å². The Labute approximate surface area is 96.5 Å². The lowest BCUT2D eigenvalue weighted by Crippen LogP contribution is -2.45. The molecule has 0 bridgehead atoms. The lowest BCUT2D eigenvalue weighted by molar-refractivity contribution is -0.121. The van der Waals surface area contributed by atoms with Crippen LogP contribution in [0.5, 0.6) is 0 Å². The molecule has 0 unspecified atom stereocenters. The fraction of sp³-hybridized carbons (Fsp3) is 0.444. The molecule has 1 heterocycles. The number of carbonyl (C=O) groups is 2. The Bertz CT molecular complexity index is 439. The molecule has 4 N–H and O–H groups in total. The van der Waals surface area contributed by atoms with Crippen LogP contribution >= 0.6 is 11.3 Å². The van der Waals surface area contributed by atoms with Gasteiger partial charge in [-0.25, -0.2) is 9.78 Å². The van der Waals surface area contributed by atoms with Gasteiger partial charge in [0, 0.05) is 4.88 Å². The molecule has 0 radical (unpaired) electrons. The first-order valence-corrected chi connectivity index (χ1v) is 5.34. The number of amides is 1. The summed E-state index contributed by atoms with van der Waals surface area (Å²) in [6, 6.07) is 0. The van der Waals surface area contributed by atoms with E-state index in [1.807, 2.05) is 0 Å². The van der Waals surface area contributed by atoms with Crippen molar-refractivity contribution in [3.63, 3.8) is 0 Å². The van der Waals surface area contributed by atoms with Crippen molar-refractivity contribution in [2.45, 2.75) is 26.3 Å². The van der Waals surface area contributed by atoms with Gasteiger partial charge in [0.05, 0.1) is 0 Å². The van der Waals surface area contributed by atoms with E-state index in [2.05, 4.69) is 10.3 Å². The summed E-state index contributed by atoms with van der Waals surface area (Å²) in [6.45, 7) is 4.86. The number of anilines is 1. The second-order valence-electron chi connectivity index (χ2n) is 3.84. The lowest BCUT2D eigenvalue weighted by Gasteiger charge is -2.21. The number of aromatic carboxylic acids is 1. The summed E-state index contributed by atoms with van der Waals surface area (Å²) in [5.41, 5.74) is 4.22. The molecule has 0 saturated carbocycles. The van der Waals surface area contributed by atoms with Gasteiger partial charge >= 0.3 is 5.97 Å². The van der Waals surface area contributed by atoms with Crippen LogP contribution in [0.1, 0.15) is 29.2 Å². The third kappa shape index (κ3) is 2.48. The predicted molar refractivity (Wildman–Crippen MR) is 60.7 cm³/mol. The third-order valence-corrected chi connectivity index (χ3v) is 2.92. The van der Waals surface area contributed by atoms with Crippen molar-refractivity contribution in [3.8, 4) is 0 Å². The van der Waals surface area contributed by atoms with Crippen molar-refractivity contribution < 1.29 is 14.7 Å². The maximum atomic E-state index is 11.1. The highest BCUT2D eigenvalue weighted by atomic mass is 32.1. The first-order chi connectivity index (χ1) is 7.24. The van der Waals surface area contributed by atoms with Gasteiger partial charge in [0.2, 0.25) is 5.91 Å². The van der Waals surface area contributed by atoms with Crippen molar-refractivity contribution in [2.75, 3.05) is 5.32 Å². The zero-order valence-corrected chi connectivity index (χ0v) is 10.0. The average Bonchev–Trinajstić information content (AvgIpc) is 2.45. The Morgan fingerprint density at radius 3 is 2.44 bits per heavy atom. The first kappa shape index (κ1) is 12.4. The van der Waals surface area contributed by atoms with Gasteiger partial charge in [-0.2, -0.15) is 0 Å². The Hall–Kier alpha value is -1.63. The number of aromatic nitrogens is 1. The number of thiazole rings is 1. The van der Waals surface area contributed by atoms with Crippen LogP contribution in [0.3, 0.4) is 0 Å². The number of hydrogen-bond donors (Lipinski definition) is 3. The highest BCUT2D eigenvalue weighted by molar-refractivity contribution is 7.15. The predicted octanol–water partition coefficient (Wildman–Crippen LogP) is 0.826. The maximum absolute atomic E-state index is 11.1. The van der Waals surface area contributed by atoms with Crippen LogP contribution in [0.25, 0.3) is 0 Å². The molecule has 0 fully saturated rings. The van der Waals surface area contributed by atoms with Gasteiger partial charge < -0.3 is 16.2 Å². The summed E-state index contributed by atoms with van der Waals surface area (Å²) in [7, 11) is 0. The maximum Gasteiger partial charge on any atom is 0.355 e. The normalized spacial score (nSPS) is 11.2. The number of carboxylic acids is 1. The number of nitrogens with zero attached hydrogens (tertiary/aromatic N) is 1. The monoisotopic (exact) mass is 243 g/mol. The van der Waals surface area contributed by atoms with E-state index < -0.39 is 17.4 Å². The van der Waals surface area contributed by atoms with Crippen LogP contribution in [0.15, 0.2) is 0 Å². The molecule has 0 spiro atoms. The van der Waals surface area contributed by atoms with Crippen LogP contribution in [0.2, 0.25) is 0 Å². The van der Waals surface area contributed by atoms with Crippen LogP contribution in [0, 0.1) is 6.92 Å². The molecule has 0 aliphatic heterocycles. The van der Waals surface area contributed by atoms with E-state index in [0.29, 0.717) is 10.0 Å². The number of carbonyl (C=O) groups excluding carboxylic acids is 1. The number of aryl methyl sites for hydroxylation is 1. The number of hydrogen-bond acceptors (Lipinski definition) is 5. The van der Waals surface area contributed by atoms with Gasteiger partial charge in [-0.05, 0) is 20.8 Å². The summed E-state index contributed by atoms with van der Waals surface area (Å²) in [6.07, 6.45) is 0. The highest BCUT2D eigenvalue weighted by Gasteiger charge is 2.26. The molecule has 1 aromatic heterocycles. The van der Waals surface area contributed by atoms with E-state index in [1.165, 1.54) is 11.3 Å². The molecule has 0 saturated heterocycles. The number of primary amides is 1. The Morgan fingerprint density at radius 2 is 2.06 bits per heavy atom. The van der Waals surface area contributed by atoms with Crippen molar-refractivity contribution in [3.05, 3.63) is 10.6 Å². The van der Waals surface area contributed by atoms with Crippen molar-refractivity contribution in [2.24, 2.45) is 5.73 Å². The molecule has 88 valence electrons. The van der Waals surface area contributed by atoms with Gasteiger partial charge in [0.15, 0.2) is 10.8 Å². The largest absolute Gasteiger partial charge is 0.476 e. The number of nitrogens with one attached hydrogen (secondary N) is 1. The average molecular weight is 243 g/mol. The van der Waals surface area contributed by atoms with Crippen LogP contribution < -0.4 is 11.1 Å². The van der Waals surface area contributed by atoms with Gasteiger partial charge in [-0.15, -0.1) is 11.3 Å². The summed E-state index contributed by atoms with van der Waals surface area (Å²) < 4.78 is 0. The van der Waals surface area contributed by atoms with Crippen LogP contribution in [-0.4, -0.2) is 27.5 Å². The summed E-state index contributed by atoms with van der Waals surface area (Å²) in [5.74, 6) is -1.61. The molecular weight excluding hydrogens is 230 g/mol. The molecule has 1 amide bonds. The Kier molecular flexibility index (Phi) is 3.18. The second kappa shape index (κ2) is 4.09. The second-order valence-corrected chi connectivity index (χ2v) is 5.05. The molecule has 0 aromatic carbocycles. The molecule has 16 heavy (non-hydrogen) atoms. The number of rotatable bonds is 4. The summed E-state index contributed by atoms with van der Waals surface area (Å²) >= 11 is 1.18. The zero-order valence-electron chi connectivity index (χ0n) is 9.20. The minimum Gasteiger partial charge on any atom is -0.476 e. The fourth-order valence-corrected chi connectivity index (χ4v) is 1.94. The van der Waals surface area contributed by atoms with Crippen molar-refractivity contribution in [1.82, 2.24) is 4.98 Å². The minimum atomic E-state index is -1.08. The molecule has 1 rings (SSSR count). The quantitative estimate of drug-likeness (QED) is 0.726. The minimum absolute atomic E-state index is 0.00669. The van der Waals surface area contributed by atoms with Crippen LogP contribution in [-0.2, 0) is 4.79 Å². The van der Waals surface area contributed by atoms with E-state index >= 15 is 0 Å². The number of nitrogens with two attached hydrogens (primary N) is 1. The standard InChI is InChI=1S/C9H13N3O3S/c1-4-5(6(13)14)11-8(16-4)12-9(2,3)7(10)15/h1-3H3,(H2,10,15)(H,11,12)(H,13,14). The first-order valence-electron chi connectivity index (χ1n) is 4.53. The molecule has 0 atom stereocenters. The topological polar surface area (TPSA) is 105 Å². The Morgan fingerprint density at radius 1 is 1.50 bits per heavy atom. The van der Waals surface area contributed by atoms with Crippen molar-refractivity contribution in [1.29, 1.82) is 0 Å². The van der Waals surface area contributed by atoms with Gasteiger partial charge in [0.1, 0.15) is 5.54 Å². The van der Waals surface area contributed by atoms with Crippen LogP contribution in [0.4, 0.5) is 5.13 Å².